The Morgan fingerprint density at radius 2 is 1.89 bits per heavy atom. The molecule has 0 aliphatic heterocycles. The summed E-state index contributed by atoms with van der Waals surface area (Å²) in [6.45, 7) is 4.60. The Morgan fingerprint density at radius 1 is 1.22 bits per heavy atom. The monoisotopic (exact) mass is 277 g/mol. The highest BCUT2D eigenvalue weighted by Crippen LogP contribution is 2.18. The van der Waals surface area contributed by atoms with Gasteiger partial charge in [-0.3, -0.25) is 0 Å². The highest BCUT2D eigenvalue weighted by Gasteiger charge is 2.23. The van der Waals surface area contributed by atoms with Crippen molar-refractivity contribution in [3.05, 3.63) is 0 Å². The average Bonchev–Trinajstić information content (AvgIpc) is 3.07. The first-order valence-corrected chi connectivity index (χ1v) is 8.42. The highest BCUT2D eigenvalue weighted by molar-refractivity contribution is 7.89. The van der Waals surface area contributed by atoms with Crippen LogP contribution in [0.5, 0.6) is 0 Å². The number of sulfonamides is 1. The average molecular weight is 277 g/mol. The van der Waals surface area contributed by atoms with Crippen molar-refractivity contribution >= 4 is 10.0 Å². The summed E-state index contributed by atoms with van der Waals surface area (Å²) in [5, 5.41) is 3.25. The molecule has 1 rings (SSSR count). The fourth-order valence-corrected chi connectivity index (χ4v) is 3.30. The summed E-state index contributed by atoms with van der Waals surface area (Å²) < 4.78 is 25.8. The zero-order chi connectivity index (χ0) is 13.6. The van der Waals surface area contributed by atoms with Gasteiger partial charge in [-0.25, -0.2) is 12.7 Å². The van der Waals surface area contributed by atoms with Gasteiger partial charge in [0.25, 0.3) is 0 Å². The number of hydrogen-bond donors (Lipinski definition) is 1. The molecule has 0 unspecified atom stereocenters. The minimum Gasteiger partial charge on any atom is -0.313 e. The fraction of sp³-hybridized carbons (Fsp3) is 1.00. The Kier molecular flexibility index (Phi) is 6.55. The van der Waals surface area contributed by atoms with Gasteiger partial charge in [-0.15, -0.1) is 0 Å². The van der Waals surface area contributed by atoms with Crippen molar-refractivity contribution in [3.63, 3.8) is 0 Å². The lowest BCUT2D eigenvalue weighted by Crippen LogP contribution is -2.38. The Morgan fingerprint density at radius 3 is 2.39 bits per heavy atom. The Bertz CT molecular complexity index is 326. The molecule has 0 aromatic heterocycles. The maximum absolute atomic E-state index is 12.1. The van der Waals surface area contributed by atoms with Crippen LogP contribution in [0, 0.1) is 0 Å². The smallest absolute Gasteiger partial charge is 0.215 e. The van der Waals surface area contributed by atoms with Crippen LogP contribution in [0.1, 0.15) is 26.2 Å². The fourth-order valence-electron chi connectivity index (χ4n) is 1.87. The van der Waals surface area contributed by atoms with Gasteiger partial charge in [0.05, 0.1) is 5.75 Å². The molecule has 6 heteroatoms. The van der Waals surface area contributed by atoms with E-state index in [0.29, 0.717) is 25.7 Å². The van der Waals surface area contributed by atoms with E-state index in [1.54, 1.807) is 4.31 Å². The minimum atomic E-state index is -3.09. The maximum Gasteiger partial charge on any atom is 0.215 e. The van der Waals surface area contributed by atoms with Crippen LogP contribution in [0.25, 0.3) is 0 Å². The van der Waals surface area contributed by atoms with Gasteiger partial charge in [0.1, 0.15) is 0 Å². The second kappa shape index (κ2) is 7.43. The summed E-state index contributed by atoms with van der Waals surface area (Å²) in [5.74, 6) is 0.222. The molecular weight excluding hydrogens is 250 g/mol. The summed E-state index contributed by atoms with van der Waals surface area (Å²) in [5.41, 5.74) is 0. The summed E-state index contributed by atoms with van der Waals surface area (Å²) >= 11 is 0. The van der Waals surface area contributed by atoms with E-state index < -0.39 is 10.0 Å². The van der Waals surface area contributed by atoms with E-state index in [1.165, 1.54) is 12.8 Å². The van der Waals surface area contributed by atoms with E-state index in [9.17, 15) is 8.42 Å². The van der Waals surface area contributed by atoms with Gasteiger partial charge in [-0.2, -0.15) is 0 Å². The molecule has 5 nitrogen and oxygen atoms in total. The first-order valence-electron chi connectivity index (χ1n) is 6.81. The van der Waals surface area contributed by atoms with Crippen molar-refractivity contribution < 1.29 is 8.42 Å². The van der Waals surface area contributed by atoms with Crippen molar-refractivity contribution in [3.8, 4) is 0 Å². The molecule has 0 radical (unpaired) electrons. The van der Waals surface area contributed by atoms with Crippen molar-refractivity contribution in [1.82, 2.24) is 14.5 Å². The summed E-state index contributed by atoms with van der Waals surface area (Å²) in [7, 11) is 0.923. The molecule has 0 amide bonds. The van der Waals surface area contributed by atoms with Crippen molar-refractivity contribution in [2.45, 2.75) is 32.2 Å². The lowest BCUT2D eigenvalue weighted by atomic mass is 10.4. The molecule has 0 aromatic rings. The highest BCUT2D eigenvalue weighted by atomic mass is 32.2. The van der Waals surface area contributed by atoms with Crippen molar-refractivity contribution in [1.29, 1.82) is 0 Å². The molecular formula is C12H27N3O2S. The molecule has 0 saturated heterocycles. The summed E-state index contributed by atoms with van der Waals surface area (Å²) in [6, 6.07) is 0.573. The van der Waals surface area contributed by atoms with Crippen molar-refractivity contribution in [2.75, 3.05) is 46.0 Å². The zero-order valence-electron chi connectivity index (χ0n) is 11.9. The van der Waals surface area contributed by atoms with Gasteiger partial charge in [-0.1, -0.05) is 6.92 Å². The Balaban J connectivity index is 2.29. The lowest BCUT2D eigenvalue weighted by molar-refractivity contribution is 0.356. The van der Waals surface area contributed by atoms with Crippen LogP contribution < -0.4 is 5.32 Å². The molecule has 1 fully saturated rings. The molecule has 108 valence electrons. The van der Waals surface area contributed by atoms with Crippen molar-refractivity contribution in [2.24, 2.45) is 0 Å². The van der Waals surface area contributed by atoms with Crippen LogP contribution in [0.2, 0.25) is 0 Å². The predicted octanol–water partition coefficient (Wildman–Crippen LogP) is 0.342. The van der Waals surface area contributed by atoms with Crippen LogP contribution in [0.15, 0.2) is 0 Å². The van der Waals surface area contributed by atoms with Gasteiger partial charge in [0, 0.05) is 25.7 Å². The van der Waals surface area contributed by atoms with E-state index in [-0.39, 0.29) is 5.75 Å². The SMILES string of the molecule is CCN(CCCN(C)C)S(=O)(=O)CCNC1CC1. The first kappa shape index (κ1) is 15.9. The predicted molar refractivity (Wildman–Crippen MR) is 75.2 cm³/mol. The van der Waals surface area contributed by atoms with Crippen LogP contribution in [0.4, 0.5) is 0 Å². The number of nitrogens with zero attached hydrogens (tertiary/aromatic N) is 2. The third-order valence-electron chi connectivity index (χ3n) is 3.13. The van der Waals surface area contributed by atoms with Gasteiger partial charge >= 0.3 is 0 Å². The summed E-state index contributed by atoms with van der Waals surface area (Å²) in [6.07, 6.45) is 3.27. The van der Waals surface area contributed by atoms with Crippen LogP contribution in [-0.4, -0.2) is 69.7 Å². The van der Waals surface area contributed by atoms with E-state index in [1.807, 2.05) is 21.0 Å². The minimum absolute atomic E-state index is 0.222. The standard InChI is InChI=1S/C12H27N3O2S/c1-4-15(10-5-9-14(2)3)18(16,17)11-8-13-12-6-7-12/h12-13H,4-11H2,1-3H3. The molecule has 0 aromatic carbocycles. The van der Waals surface area contributed by atoms with E-state index >= 15 is 0 Å². The van der Waals surface area contributed by atoms with Gasteiger partial charge < -0.3 is 10.2 Å². The summed E-state index contributed by atoms with van der Waals surface area (Å²) in [4.78, 5) is 2.08. The molecule has 0 atom stereocenters. The zero-order valence-corrected chi connectivity index (χ0v) is 12.7. The topological polar surface area (TPSA) is 52.7 Å². The van der Waals surface area contributed by atoms with Crippen LogP contribution in [-0.2, 0) is 10.0 Å². The second-order valence-corrected chi connectivity index (χ2v) is 7.28. The van der Waals surface area contributed by atoms with E-state index in [4.69, 9.17) is 0 Å². The molecule has 18 heavy (non-hydrogen) atoms. The van der Waals surface area contributed by atoms with E-state index in [2.05, 4.69) is 10.2 Å². The Labute approximate surface area is 112 Å². The van der Waals surface area contributed by atoms with Gasteiger partial charge in [0.2, 0.25) is 10.0 Å². The molecule has 1 saturated carbocycles. The number of rotatable bonds is 10. The normalized spacial score (nSPS) is 16.7. The van der Waals surface area contributed by atoms with E-state index in [0.717, 1.165) is 13.0 Å². The molecule has 0 spiro atoms. The van der Waals surface area contributed by atoms with Crippen LogP contribution in [0.3, 0.4) is 0 Å². The third kappa shape index (κ3) is 6.13. The van der Waals surface area contributed by atoms with Gasteiger partial charge in [0.15, 0.2) is 0 Å². The molecule has 1 N–H and O–H groups in total. The number of nitrogens with one attached hydrogen (secondary N) is 1. The maximum atomic E-state index is 12.1. The molecule has 0 bridgehead atoms. The largest absolute Gasteiger partial charge is 0.313 e. The quantitative estimate of drug-likeness (QED) is 0.626. The lowest BCUT2D eigenvalue weighted by Gasteiger charge is -2.21. The first-order chi connectivity index (χ1) is 8.45. The molecule has 1 aliphatic carbocycles. The molecule has 0 heterocycles. The van der Waals surface area contributed by atoms with Gasteiger partial charge in [-0.05, 0) is 39.9 Å². The number of hydrogen-bond acceptors (Lipinski definition) is 4. The Hall–Kier alpha value is -0.170. The molecule has 1 aliphatic rings. The van der Waals surface area contributed by atoms with Crippen LogP contribution >= 0.6 is 0 Å². The third-order valence-corrected chi connectivity index (χ3v) is 5.08. The second-order valence-electron chi connectivity index (χ2n) is 5.19.